The van der Waals surface area contributed by atoms with Crippen LogP contribution in [-0.2, 0) is 21.5 Å². The van der Waals surface area contributed by atoms with Gasteiger partial charge in [-0.15, -0.1) is 0 Å². The summed E-state index contributed by atoms with van der Waals surface area (Å²) < 4.78 is 5.08. The Labute approximate surface area is 127 Å². The van der Waals surface area contributed by atoms with Crippen molar-refractivity contribution in [1.29, 1.82) is 0 Å². The molecule has 0 saturated heterocycles. The fraction of sp³-hybridized carbons (Fsp3) is 0.333. The number of hydrogen-bond donors (Lipinski definition) is 2. The Kier molecular flexibility index (Phi) is 4.80. The Balaban J connectivity index is 1.80. The van der Waals surface area contributed by atoms with Gasteiger partial charge in [-0.3, -0.25) is 9.59 Å². The van der Waals surface area contributed by atoms with Gasteiger partial charge in [0.05, 0.1) is 12.8 Å². The van der Waals surface area contributed by atoms with Gasteiger partial charge in [0.15, 0.2) is 0 Å². The lowest BCUT2D eigenvalue weighted by atomic mass is 9.86. The second-order valence-corrected chi connectivity index (χ2v) is 6.12. The van der Waals surface area contributed by atoms with Crippen LogP contribution in [0.2, 0.25) is 0 Å². The summed E-state index contributed by atoms with van der Waals surface area (Å²) in [6.07, 6.45) is 1.52. The molecular formula is C15H18N2O3S. The first-order valence-corrected chi connectivity index (χ1v) is 7.54. The highest BCUT2D eigenvalue weighted by Gasteiger charge is 2.23. The number of rotatable bonds is 5. The van der Waals surface area contributed by atoms with E-state index < -0.39 is 11.8 Å². The minimum absolute atomic E-state index is 0.202. The standard InChI is InChI=1S/C15H18N2O3S/c1-15(2,11-5-7-21-9-11)10-17-14(19)13(18)16-8-12-4-3-6-20-12/h3-7,9H,8,10H2,1-2H3,(H,16,18)(H,17,19). The van der Waals surface area contributed by atoms with Crippen LogP contribution in [0.5, 0.6) is 0 Å². The Morgan fingerprint density at radius 1 is 1.24 bits per heavy atom. The highest BCUT2D eigenvalue weighted by Crippen LogP contribution is 2.24. The second kappa shape index (κ2) is 6.58. The summed E-state index contributed by atoms with van der Waals surface area (Å²) in [4.78, 5) is 23.4. The molecule has 6 heteroatoms. The van der Waals surface area contributed by atoms with Gasteiger partial charge < -0.3 is 15.1 Å². The van der Waals surface area contributed by atoms with Gasteiger partial charge in [-0.25, -0.2) is 0 Å². The average molecular weight is 306 g/mol. The maximum absolute atomic E-state index is 11.8. The molecule has 0 aliphatic heterocycles. The van der Waals surface area contributed by atoms with Crippen molar-refractivity contribution in [1.82, 2.24) is 10.6 Å². The maximum atomic E-state index is 11.8. The van der Waals surface area contributed by atoms with Gasteiger partial charge in [-0.1, -0.05) is 13.8 Å². The van der Waals surface area contributed by atoms with Crippen molar-refractivity contribution in [2.45, 2.75) is 25.8 Å². The van der Waals surface area contributed by atoms with Crippen LogP contribution in [0, 0.1) is 0 Å². The van der Waals surface area contributed by atoms with Crippen molar-refractivity contribution >= 4 is 23.2 Å². The molecule has 0 aliphatic carbocycles. The van der Waals surface area contributed by atoms with Crippen molar-refractivity contribution in [2.75, 3.05) is 6.54 Å². The predicted molar refractivity (Wildman–Crippen MR) is 80.9 cm³/mol. The van der Waals surface area contributed by atoms with Crippen LogP contribution in [-0.4, -0.2) is 18.4 Å². The molecular weight excluding hydrogens is 288 g/mol. The molecule has 0 aromatic carbocycles. The number of thiophene rings is 1. The van der Waals surface area contributed by atoms with Crippen molar-refractivity contribution in [3.05, 3.63) is 46.5 Å². The Morgan fingerprint density at radius 2 is 2.00 bits per heavy atom. The van der Waals surface area contributed by atoms with E-state index >= 15 is 0 Å². The third-order valence-corrected chi connectivity index (χ3v) is 3.89. The van der Waals surface area contributed by atoms with Gasteiger partial charge in [-0.2, -0.15) is 11.3 Å². The normalized spacial score (nSPS) is 11.1. The zero-order valence-electron chi connectivity index (χ0n) is 12.0. The average Bonchev–Trinajstić information content (AvgIpc) is 3.14. The van der Waals surface area contributed by atoms with E-state index in [1.165, 1.54) is 6.26 Å². The third-order valence-electron chi connectivity index (χ3n) is 3.20. The first-order chi connectivity index (χ1) is 9.99. The minimum atomic E-state index is -0.660. The summed E-state index contributed by atoms with van der Waals surface area (Å²) in [5.41, 5.74) is 0.931. The number of nitrogens with one attached hydrogen (secondary N) is 2. The molecule has 0 saturated carbocycles. The first kappa shape index (κ1) is 15.3. The molecule has 2 heterocycles. The van der Waals surface area contributed by atoms with E-state index in [9.17, 15) is 9.59 Å². The zero-order chi connectivity index (χ0) is 15.3. The van der Waals surface area contributed by atoms with Crippen molar-refractivity contribution in [2.24, 2.45) is 0 Å². The van der Waals surface area contributed by atoms with Crippen molar-refractivity contribution in [3.63, 3.8) is 0 Å². The van der Waals surface area contributed by atoms with Gasteiger partial charge in [0.2, 0.25) is 0 Å². The summed E-state index contributed by atoms with van der Waals surface area (Å²) in [6, 6.07) is 5.48. The SMILES string of the molecule is CC(C)(CNC(=O)C(=O)NCc1ccco1)c1ccsc1. The highest BCUT2D eigenvalue weighted by molar-refractivity contribution is 7.08. The van der Waals surface area contributed by atoms with Crippen LogP contribution in [0.1, 0.15) is 25.2 Å². The summed E-state index contributed by atoms with van der Waals surface area (Å²) in [7, 11) is 0. The molecule has 0 atom stereocenters. The van der Waals surface area contributed by atoms with Crippen molar-refractivity contribution < 1.29 is 14.0 Å². The maximum Gasteiger partial charge on any atom is 0.309 e. The lowest BCUT2D eigenvalue weighted by Gasteiger charge is -2.23. The van der Waals surface area contributed by atoms with Crippen LogP contribution >= 0.6 is 11.3 Å². The van der Waals surface area contributed by atoms with E-state index in [-0.39, 0.29) is 12.0 Å². The lowest BCUT2D eigenvalue weighted by molar-refractivity contribution is -0.139. The molecule has 112 valence electrons. The smallest absolute Gasteiger partial charge is 0.309 e. The molecule has 0 fully saturated rings. The molecule has 0 spiro atoms. The second-order valence-electron chi connectivity index (χ2n) is 5.34. The fourth-order valence-corrected chi connectivity index (χ4v) is 2.64. The molecule has 0 unspecified atom stereocenters. The summed E-state index contributed by atoms with van der Waals surface area (Å²) in [5.74, 6) is -0.688. The number of carbonyl (C=O) groups excluding carboxylic acids is 2. The zero-order valence-corrected chi connectivity index (χ0v) is 12.8. The lowest BCUT2D eigenvalue weighted by Crippen LogP contribution is -2.44. The van der Waals surface area contributed by atoms with E-state index in [0.29, 0.717) is 12.3 Å². The van der Waals surface area contributed by atoms with Gasteiger partial charge >= 0.3 is 11.8 Å². The molecule has 21 heavy (non-hydrogen) atoms. The molecule has 5 nitrogen and oxygen atoms in total. The van der Waals surface area contributed by atoms with Gasteiger partial charge in [0.1, 0.15) is 5.76 Å². The monoisotopic (exact) mass is 306 g/mol. The Hall–Kier alpha value is -2.08. The van der Waals surface area contributed by atoms with E-state index in [0.717, 1.165) is 5.56 Å². The van der Waals surface area contributed by atoms with Crippen molar-refractivity contribution in [3.8, 4) is 0 Å². The number of furan rings is 1. The van der Waals surface area contributed by atoms with Crippen LogP contribution in [0.25, 0.3) is 0 Å². The molecule has 2 aromatic rings. The Bertz CT molecular complexity index is 588. The Morgan fingerprint density at radius 3 is 2.62 bits per heavy atom. The number of amides is 2. The van der Waals surface area contributed by atoms with E-state index in [4.69, 9.17) is 4.42 Å². The number of hydrogen-bond acceptors (Lipinski definition) is 4. The molecule has 2 aromatic heterocycles. The van der Waals surface area contributed by atoms with Gasteiger partial charge in [0, 0.05) is 12.0 Å². The molecule has 0 bridgehead atoms. The van der Waals surface area contributed by atoms with Crippen LogP contribution < -0.4 is 10.6 Å². The fourth-order valence-electron chi connectivity index (χ4n) is 1.79. The third kappa shape index (κ3) is 4.19. The molecule has 0 aliphatic rings. The largest absolute Gasteiger partial charge is 0.467 e. The molecule has 0 radical (unpaired) electrons. The quantitative estimate of drug-likeness (QED) is 0.831. The van der Waals surface area contributed by atoms with E-state index in [1.807, 2.05) is 30.7 Å². The molecule has 2 N–H and O–H groups in total. The van der Waals surface area contributed by atoms with E-state index in [1.54, 1.807) is 23.5 Å². The van der Waals surface area contributed by atoms with Gasteiger partial charge in [-0.05, 0) is 34.5 Å². The molecule has 2 amide bonds. The van der Waals surface area contributed by atoms with Crippen LogP contribution in [0.4, 0.5) is 0 Å². The molecule has 2 rings (SSSR count). The predicted octanol–water partition coefficient (Wildman–Crippen LogP) is 2.05. The number of carbonyl (C=O) groups is 2. The van der Waals surface area contributed by atoms with Gasteiger partial charge in [0.25, 0.3) is 0 Å². The summed E-state index contributed by atoms with van der Waals surface area (Å²) >= 11 is 1.61. The summed E-state index contributed by atoms with van der Waals surface area (Å²) in [5, 5.41) is 9.22. The minimum Gasteiger partial charge on any atom is -0.467 e. The van der Waals surface area contributed by atoms with E-state index in [2.05, 4.69) is 10.6 Å². The van der Waals surface area contributed by atoms with Crippen LogP contribution in [0.3, 0.4) is 0 Å². The topological polar surface area (TPSA) is 71.3 Å². The highest BCUT2D eigenvalue weighted by atomic mass is 32.1. The van der Waals surface area contributed by atoms with Crippen LogP contribution in [0.15, 0.2) is 39.6 Å². The first-order valence-electron chi connectivity index (χ1n) is 6.60. The summed E-state index contributed by atoms with van der Waals surface area (Å²) in [6.45, 7) is 4.65.